The molecule has 0 aliphatic carbocycles. The van der Waals surface area contributed by atoms with E-state index in [1.807, 2.05) is 6.20 Å². The summed E-state index contributed by atoms with van der Waals surface area (Å²) < 4.78 is 0. The fourth-order valence-corrected chi connectivity index (χ4v) is 2.57. The zero-order chi connectivity index (χ0) is 13.8. The van der Waals surface area contributed by atoms with Crippen LogP contribution in [-0.4, -0.2) is 23.1 Å². The van der Waals surface area contributed by atoms with Crippen LogP contribution in [0.4, 0.5) is 0 Å². The predicted octanol–water partition coefficient (Wildman–Crippen LogP) is 2.54. The van der Waals surface area contributed by atoms with Gasteiger partial charge in [0.15, 0.2) is 0 Å². The first kappa shape index (κ1) is 13.1. The number of fused-ring (bicyclic) bond motifs is 3. The number of nitrogens with one attached hydrogen (secondary N) is 2. The third-order valence-electron chi connectivity index (χ3n) is 3.61. The van der Waals surface area contributed by atoms with Crippen molar-refractivity contribution in [3.05, 3.63) is 42.2 Å². The first-order valence-electron chi connectivity index (χ1n) is 7.15. The van der Waals surface area contributed by atoms with E-state index in [1.165, 1.54) is 16.3 Å². The second-order valence-electron chi connectivity index (χ2n) is 5.02. The second kappa shape index (κ2) is 6.03. The van der Waals surface area contributed by atoms with Crippen molar-refractivity contribution in [1.82, 2.24) is 15.3 Å². The van der Waals surface area contributed by atoms with Crippen molar-refractivity contribution in [2.75, 3.05) is 13.1 Å². The minimum Gasteiger partial charge on any atom is -0.353 e. The predicted molar refractivity (Wildman–Crippen MR) is 83.6 cm³/mol. The van der Waals surface area contributed by atoms with Gasteiger partial charge >= 0.3 is 0 Å². The minimum absolute atomic E-state index is 0.761. The van der Waals surface area contributed by atoms with Gasteiger partial charge in [0, 0.05) is 29.0 Å². The van der Waals surface area contributed by atoms with Gasteiger partial charge in [-0.3, -0.25) is 4.98 Å². The maximum absolute atomic E-state index is 5.49. The number of unbranched alkanes of at least 4 members (excludes halogenated alkanes) is 1. The number of hydrogen-bond acceptors (Lipinski definition) is 3. The third kappa shape index (κ3) is 2.53. The number of hydrogen-bond donors (Lipinski definition) is 3. The Labute approximate surface area is 118 Å². The topological polar surface area (TPSA) is 66.7 Å². The van der Waals surface area contributed by atoms with Crippen LogP contribution < -0.4 is 11.1 Å². The average molecular weight is 268 g/mol. The number of H-pyrrole nitrogens is 1. The monoisotopic (exact) mass is 268 g/mol. The molecule has 3 aromatic rings. The van der Waals surface area contributed by atoms with Gasteiger partial charge in [-0.2, -0.15) is 0 Å². The molecular weight excluding hydrogens is 248 g/mol. The molecule has 104 valence electrons. The molecule has 1 aromatic carbocycles. The van der Waals surface area contributed by atoms with Crippen LogP contribution in [0.2, 0.25) is 0 Å². The largest absolute Gasteiger partial charge is 0.353 e. The highest BCUT2D eigenvalue weighted by atomic mass is 14.9. The van der Waals surface area contributed by atoms with Crippen LogP contribution in [0.5, 0.6) is 0 Å². The molecule has 0 saturated carbocycles. The Morgan fingerprint density at radius 1 is 1.10 bits per heavy atom. The minimum atomic E-state index is 0.761. The molecule has 4 N–H and O–H groups in total. The van der Waals surface area contributed by atoms with E-state index >= 15 is 0 Å². The average Bonchev–Trinajstić information content (AvgIpc) is 2.87. The van der Waals surface area contributed by atoms with Crippen LogP contribution in [0.25, 0.3) is 21.8 Å². The van der Waals surface area contributed by atoms with Crippen LogP contribution in [0.3, 0.4) is 0 Å². The van der Waals surface area contributed by atoms with Crippen LogP contribution in [-0.2, 0) is 6.54 Å². The van der Waals surface area contributed by atoms with Gasteiger partial charge in [-0.25, -0.2) is 0 Å². The van der Waals surface area contributed by atoms with E-state index < -0.39 is 0 Å². The van der Waals surface area contributed by atoms with Crippen molar-refractivity contribution in [2.24, 2.45) is 5.73 Å². The molecule has 2 aromatic heterocycles. The lowest BCUT2D eigenvalue weighted by atomic mass is 10.1. The first-order chi connectivity index (χ1) is 9.90. The third-order valence-corrected chi connectivity index (χ3v) is 3.61. The molecule has 0 amide bonds. The van der Waals surface area contributed by atoms with Crippen molar-refractivity contribution >= 4 is 21.8 Å². The van der Waals surface area contributed by atoms with Crippen LogP contribution in [0.1, 0.15) is 18.5 Å². The molecule has 2 heterocycles. The Bertz CT molecular complexity index is 702. The maximum atomic E-state index is 5.49. The molecule has 0 bridgehead atoms. The summed E-state index contributed by atoms with van der Waals surface area (Å²) in [5.74, 6) is 0. The summed E-state index contributed by atoms with van der Waals surface area (Å²) in [6.45, 7) is 2.53. The maximum Gasteiger partial charge on any atom is 0.0782 e. The van der Waals surface area contributed by atoms with E-state index in [9.17, 15) is 0 Å². The number of rotatable bonds is 6. The number of pyridine rings is 1. The lowest BCUT2D eigenvalue weighted by Gasteiger charge is -2.04. The van der Waals surface area contributed by atoms with E-state index in [4.69, 9.17) is 5.73 Å². The van der Waals surface area contributed by atoms with E-state index in [2.05, 4.69) is 45.6 Å². The number of aromatic amines is 1. The van der Waals surface area contributed by atoms with Crippen LogP contribution in [0.15, 0.2) is 36.5 Å². The van der Waals surface area contributed by atoms with Gasteiger partial charge in [0.05, 0.1) is 11.2 Å². The highest BCUT2D eigenvalue weighted by molar-refractivity contribution is 6.07. The van der Waals surface area contributed by atoms with Crippen molar-refractivity contribution in [1.29, 1.82) is 0 Å². The van der Waals surface area contributed by atoms with Crippen LogP contribution in [0, 0.1) is 0 Å². The molecule has 0 atom stereocenters. The number of nitrogens with two attached hydrogens (primary N) is 1. The summed E-state index contributed by atoms with van der Waals surface area (Å²) in [6.07, 6.45) is 4.07. The van der Waals surface area contributed by atoms with Gasteiger partial charge in [-0.15, -0.1) is 0 Å². The van der Waals surface area contributed by atoms with E-state index in [1.54, 1.807) is 0 Å². The Kier molecular flexibility index (Phi) is 3.95. The number of aromatic nitrogens is 2. The zero-order valence-electron chi connectivity index (χ0n) is 11.5. The van der Waals surface area contributed by atoms with Gasteiger partial charge in [-0.1, -0.05) is 18.2 Å². The fraction of sp³-hybridized carbons (Fsp3) is 0.312. The smallest absolute Gasteiger partial charge is 0.0782 e. The molecule has 20 heavy (non-hydrogen) atoms. The normalized spacial score (nSPS) is 11.4. The van der Waals surface area contributed by atoms with Gasteiger partial charge in [0.2, 0.25) is 0 Å². The lowest BCUT2D eigenvalue weighted by molar-refractivity contribution is 0.622. The number of para-hydroxylation sites is 1. The molecule has 0 spiro atoms. The quantitative estimate of drug-likeness (QED) is 0.602. The summed E-state index contributed by atoms with van der Waals surface area (Å²) in [5.41, 5.74) is 8.88. The molecule has 0 fully saturated rings. The molecule has 0 unspecified atom stereocenters. The Morgan fingerprint density at radius 3 is 2.90 bits per heavy atom. The second-order valence-corrected chi connectivity index (χ2v) is 5.02. The molecule has 0 aliphatic rings. The van der Waals surface area contributed by atoms with Crippen LogP contribution >= 0.6 is 0 Å². The summed E-state index contributed by atoms with van der Waals surface area (Å²) >= 11 is 0. The van der Waals surface area contributed by atoms with E-state index in [-0.39, 0.29) is 0 Å². The fourth-order valence-electron chi connectivity index (χ4n) is 2.57. The molecule has 4 heteroatoms. The Balaban J connectivity index is 1.84. The van der Waals surface area contributed by atoms with Gasteiger partial charge in [-0.05, 0) is 38.1 Å². The molecule has 0 radical (unpaired) electrons. The molecule has 4 nitrogen and oxygen atoms in total. The zero-order valence-corrected chi connectivity index (χ0v) is 11.5. The summed E-state index contributed by atoms with van der Waals surface area (Å²) in [7, 11) is 0. The lowest BCUT2D eigenvalue weighted by Crippen LogP contribution is -2.16. The standard InChI is InChI=1S/C16H20N4/c17-8-3-4-9-18-11-15-16-13(7-10-19-15)12-5-1-2-6-14(12)20-16/h1-2,5-7,10,18,20H,3-4,8-9,11,17H2. The highest BCUT2D eigenvalue weighted by Gasteiger charge is 2.07. The summed E-state index contributed by atoms with van der Waals surface area (Å²) in [5, 5.41) is 5.94. The molecule has 3 rings (SSSR count). The number of benzene rings is 1. The van der Waals surface area contributed by atoms with Gasteiger partial charge < -0.3 is 16.0 Å². The van der Waals surface area contributed by atoms with Crippen molar-refractivity contribution < 1.29 is 0 Å². The Morgan fingerprint density at radius 2 is 2.00 bits per heavy atom. The van der Waals surface area contributed by atoms with E-state index in [0.717, 1.165) is 43.7 Å². The van der Waals surface area contributed by atoms with Crippen molar-refractivity contribution in [3.8, 4) is 0 Å². The molecular formula is C16H20N4. The SMILES string of the molecule is NCCCCNCc1nccc2c1[nH]c1ccccc12. The Hall–Kier alpha value is -1.91. The van der Waals surface area contributed by atoms with Crippen molar-refractivity contribution in [2.45, 2.75) is 19.4 Å². The summed E-state index contributed by atoms with van der Waals surface area (Å²) in [6, 6.07) is 10.4. The number of nitrogens with zero attached hydrogens (tertiary/aromatic N) is 1. The van der Waals surface area contributed by atoms with Gasteiger partial charge in [0.25, 0.3) is 0 Å². The summed E-state index contributed by atoms with van der Waals surface area (Å²) in [4.78, 5) is 7.98. The highest BCUT2D eigenvalue weighted by Crippen LogP contribution is 2.26. The van der Waals surface area contributed by atoms with Crippen molar-refractivity contribution in [3.63, 3.8) is 0 Å². The van der Waals surface area contributed by atoms with E-state index in [0.29, 0.717) is 0 Å². The first-order valence-corrected chi connectivity index (χ1v) is 7.15. The molecule has 0 aliphatic heterocycles. The van der Waals surface area contributed by atoms with Gasteiger partial charge in [0.1, 0.15) is 0 Å². The molecule has 0 saturated heterocycles.